The van der Waals surface area contributed by atoms with Crippen LogP contribution in [0.4, 0.5) is 21.9 Å². The van der Waals surface area contributed by atoms with Crippen molar-refractivity contribution in [3.8, 4) is 5.69 Å². The van der Waals surface area contributed by atoms with Crippen LogP contribution in [0.1, 0.15) is 5.69 Å². The summed E-state index contributed by atoms with van der Waals surface area (Å²) in [6, 6.07) is 25.3. The van der Waals surface area contributed by atoms with Crippen LogP contribution < -0.4 is 21.5 Å². The Labute approximate surface area is 207 Å². The summed E-state index contributed by atoms with van der Waals surface area (Å²) in [5.74, 6) is -0.133. The highest BCUT2D eigenvalue weighted by Gasteiger charge is 2.18. The van der Waals surface area contributed by atoms with E-state index in [2.05, 4.69) is 16.0 Å². The molecule has 0 radical (unpaired) electrons. The van der Waals surface area contributed by atoms with Gasteiger partial charge in [-0.15, -0.1) is 11.8 Å². The number of nitrogens with zero attached hydrogens (tertiary/aromatic N) is 2. The minimum Gasteiger partial charge on any atom is -0.319 e. The Morgan fingerprint density at radius 2 is 1.37 bits per heavy atom. The molecule has 4 aromatic rings. The second-order valence-electron chi connectivity index (χ2n) is 7.74. The third-order valence-electron chi connectivity index (χ3n) is 5.33. The Morgan fingerprint density at radius 3 is 2.00 bits per heavy atom. The highest BCUT2D eigenvalue weighted by Crippen LogP contribution is 2.21. The lowest BCUT2D eigenvalue weighted by atomic mass is 10.3. The van der Waals surface area contributed by atoms with Gasteiger partial charge < -0.3 is 16.0 Å². The van der Waals surface area contributed by atoms with Crippen LogP contribution in [0.25, 0.3) is 5.69 Å². The zero-order valence-corrected chi connectivity index (χ0v) is 20.1. The van der Waals surface area contributed by atoms with Gasteiger partial charge in [-0.25, -0.2) is 9.48 Å². The first-order chi connectivity index (χ1) is 16.9. The standard InChI is InChI=1S/C26H25N5O3S/c1-18-24(25(33)31(30(18)2)21-11-7-4-8-12-21)29-23(32)17-35-22-15-13-20(14-16-22)28-26(34)27-19-9-5-3-6-10-19/h3-16H,17H2,1-2H3,(H,29,32)(H2,27,28,34). The first-order valence-electron chi connectivity index (χ1n) is 10.9. The predicted molar refractivity (Wildman–Crippen MR) is 141 cm³/mol. The Morgan fingerprint density at radius 1 is 0.800 bits per heavy atom. The summed E-state index contributed by atoms with van der Waals surface area (Å²) in [7, 11) is 1.78. The normalized spacial score (nSPS) is 10.6. The molecule has 1 heterocycles. The average molecular weight is 488 g/mol. The maximum atomic E-state index is 12.9. The highest BCUT2D eigenvalue weighted by atomic mass is 32.2. The smallest absolute Gasteiger partial charge is 0.319 e. The van der Waals surface area contributed by atoms with E-state index in [0.29, 0.717) is 17.1 Å². The van der Waals surface area contributed by atoms with Gasteiger partial charge in [0.25, 0.3) is 5.56 Å². The zero-order chi connectivity index (χ0) is 24.8. The van der Waals surface area contributed by atoms with E-state index in [0.717, 1.165) is 10.6 Å². The number of para-hydroxylation sites is 2. The van der Waals surface area contributed by atoms with Crippen LogP contribution in [-0.2, 0) is 11.8 Å². The van der Waals surface area contributed by atoms with Crippen molar-refractivity contribution in [3.63, 3.8) is 0 Å². The molecule has 0 aliphatic heterocycles. The van der Waals surface area contributed by atoms with Crippen molar-refractivity contribution in [1.29, 1.82) is 0 Å². The molecular weight excluding hydrogens is 462 g/mol. The third-order valence-corrected chi connectivity index (χ3v) is 6.34. The zero-order valence-electron chi connectivity index (χ0n) is 19.3. The van der Waals surface area contributed by atoms with Gasteiger partial charge in [0, 0.05) is 23.3 Å². The number of urea groups is 1. The number of thioether (sulfide) groups is 1. The van der Waals surface area contributed by atoms with Crippen LogP contribution in [0.2, 0.25) is 0 Å². The SMILES string of the molecule is Cc1c(NC(=O)CSc2ccc(NC(=O)Nc3ccccc3)cc2)c(=O)n(-c2ccccc2)n1C. The van der Waals surface area contributed by atoms with E-state index in [4.69, 9.17) is 0 Å². The molecule has 0 saturated carbocycles. The quantitative estimate of drug-likeness (QED) is 0.324. The van der Waals surface area contributed by atoms with Crippen LogP contribution in [0.5, 0.6) is 0 Å². The molecule has 3 aromatic carbocycles. The lowest BCUT2D eigenvalue weighted by Crippen LogP contribution is -2.23. The van der Waals surface area contributed by atoms with Gasteiger partial charge in [0.05, 0.1) is 17.1 Å². The van der Waals surface area contributed by atoms with Gasteiger partial charge in [-0.1, -0.05) is 36.4 Å². The van der Waals surface area contributed by atoms with Crippen LogP contribution in [0.15, 0.2) is 94.6 Å². The first kappa shape index (κ1) is 23.9. The number of anilines is 3. The van der Waals surface area contributed by atoms with Crippen molar-refractivity contribution in [2.45, 2.75) is 11.8 Å². The second-order valence-corrected chi connectivity index (χ2v) is 8.79. The lowest BCUT2D eigenvalue weighted by molar-refractivity contribution is -0.113. The van der Waals surface area contributed by atoms with Gasteiger partial charge in [-0.3, -0.25) is 14.3 Å². The van der Waals surface area contributed by atoms with E-state index >= 15 is 0 Å². The molecule has 0 fully saturated rings. The predicted octanol–water partition coefficient (Wildman–Crippen LogP) is 4.86. The summed E-state index contributed by atoms with van der Waals surface area (Å²) >= 11 is 1.34. The third kappa shape index (κ3) is 5.82. The molecule has 0 atom stereocenters. The average Bonchev–Trinajstić information content (AvgIpc) is 3.07. The van der Waals surface area contributed by atoms with Crippen LogP contribution in [0.3, 0.4) is 0 Å². The number of nitrogens with one attached hydrogen (secondary N) is 3. The molecule has 0 spiro atoms. The number of rotatable bonds is 7. The van der Waals surface area contributed by atoms with E-state index in [-0.39, 0.29) is 28.9 Å². The Balaban J connectivity index is 1.33. The van der Waals surface area contributed by atoms with E-state index in [1.807, 2.05) is 60.7 Å². The molecular formula is C26H25N5O3S. The van der Waals surface area contributed by atoms with E-state index in [1.165, 1.54) is 16.4 Å². The van der Waals surface area contributed by atoms with Gasteiger partial charge in [-0.2, -0.15) is 0 Å². The van der Waals surface area contributed by atoms with Crippen molar-refractivity contribution in [2.24, 2.45) is 7.05 Å². The summed E-state index contributed by atoms with van der Waals surface area (Å²) in [4.78, 5) is 38.5. The number of carbonyl (C=O) groups excluding carboxylic acids is 2. The largest absolute Gasteiger partial charge is 0.323 e. The maximum absolute atomic E-state index is 12.9. The van der Waals surface area contributed by atoms with Crippen LogP contribution in [-0.4, -0.2) is 27.1 Å². The molecule has 3 N–H and O–H groups in total. The summed E-state index contributed by atoms with van der Waals surface area (Å²) in [5, 5.41) is 8.29. The van der Waals surface area contributed by atoms with Gasteiger partial charge >= 0.3 is 6.03 Å². The first-order valence-corrected chi connectivity index (χ1v) is 11.9. The molecule has 0 unspecified atom stereocenters. The van der Waals surface area contributed by atoms with Gasteiger partial charge in [0.2, 0.25) is 5.91 Å². The molecule has 35 heavy (non-hydrogen) atoms. The van der Waals surface area contributed by atoms with E-state index < -0.39 is 0 Å². The van der Waals surface area contributed by atoms with Crippen molar-refractivity contribution in [2.75, 3.05) is 21.7 Å². The molecule has 8 nitrogen and oxygen atoms in total. The van der Waals surface area contributed by atoms with Crippen LogP contribution in [0, 0.1) is 6.92 Å². The van der Waals surface area contributed by atoms with E-state index in [1.54, 1.807) is 42.9 Å². The fraction of sp³-hybridized carbons (Fsp3) is 0.115. The van der Waals surface area contributed by atoms with Gasteiger partial charge in [0.15, 0.2) is 0 Å². The Bertz CT molecular complexity index is 1380. The molecule has 1 aromatic heterocycles. The lowest BCUT2D eigenvalue weighted by Gasteiger charge is -2.08. The monoisotopic (exact) mass is 487 g/mol. The topological polar surface area (TPSA) is 97.2 Å². The summed E-state index contributed by atoms with van der Waals surface area (Å²) < 4.78 is 3.25. The molecule has 0 bridgehead atoms. The summed E-state index contributed by atoms with van der Waals surface area (Å²) in [6.07, 6.45) is 0. The molecule has 0 saturated heterocycles. The molecule has 0 aliphatic carbocycles. The second kappa shape index (κ2) is 10.8. The Hall–Kier alpha value is -4.24. The highest BCUT2D eigenvalue weighted by molar-refractivity contribution is 8.00. The number of benzene rings is 3. The van der Waals surface area contributed by atoms with Gasteiger partial charge in [0.1, 0.15) is 5.69 Å². The van der Waals surface area contributed by atoms with Crippen molar-refractivity contribution in [1.82, 2.24) is 9.36 Å². The van der Waals surface area contributed by atoms with Crippen molar-refractivity contribution in [3.05, 3.63) is 101 Å². The molecule has 0 aliphatic rings. The number of hydrogen-bond acceptors (Lipinski definition) is 4. The Kier molecular flexibility index (Phi) is 7.37. The van der Waals surface area contributed by atoms with Crippen molar-refractivity contribution < 1.29 is 9.59 Å². The molecule has 178 valence electrons. The summed E-state index contributed by atoms with van der Waals surface area (Å²) in [5.41, 5.74) is 2.72. The summed E-state index contributed by atoms with van der Waals surface area (Å²) in [6.45, 7) is 1.79. The van der Waals surface area contributed by atoms with E-state index in [9.17, 15) is 14.4 Å². The number of carbonyl (C=O) groups is 2. The number of hydrogen-bond donors (Lipinski definition) is 3. The maximum Gasteiger partial charge on any atom is 0.323 e. The fourth-order valence-electron chi connectivity index (χ4n) is 3.49. The molecule has 3 amide bonds. The number of amides is 3. The minimum atomic E-state index is -0.338. The van der Waals surface area contributed by atoms with Gasteiger partial charge in [-0.05, 0) is 55.5 Å². The molecule has 4 rings (SSSR count). The van der Waals surface area contributed by atoms with Crippen LogP contribution >= 0.6 is 11.8 Å². The fourth-order valence-corrected chi connectivity index (χ4v) is 4.18. The number of aromatic nitrogens is 2. The molecule has 9 heteroatoms. The van der Waals surface area contributed by atoms with Crippen molar-refractivity contribution >= 4 is 40.8 Å². The minimum absolute atomic E-state index is 0.139.